The number of nitrogens with one attached hydrogen (secondary N) is 1. The molecule has 1 unspecified atom stereocenters. The lowest BCUT2D eigenvalue weighted by atomic mass is 10.1. The van der Waals surface area contributed by atoms with Crippen LogP contribution in [0.1, 0.15) is 32.6 Å². The van der Waals surface area contributed by atoms with Gasteiger partial charge in [-0.15, -0.1) is 0 Å². The van der Waals surface area contributed by atoms with Crippen LogP contribution in [0.3, 0.4) is 0 Å². The minimum Gasteiger partial charge on any atom is -0.346 e. The first-order valence-corrected chi connectivity index (χ1v) is 4.00. The molecule has 1 aliphatic rings. The Morgan fingerprint density at radius 2 is 2.27 bits per heavy atom. The smallest absolute Gasteiger partial charge is 0.220 e. The SMILES string of the molecule is CC(=O)C1CCCCC(=O)N1. The fourth-order valence-electron chi connectivity index (χ4n) is 1.28. The Bertz CT molecular complexity index is 177. The molecule has 3 heteroatoms. The van der Waals surface area contributed by atoms with Crippen molar-refractivity contribution in [2.75, 3.05) is 0 Å². The van der Waals surface area contributed by atoms with Gasteiger partial charge in [-0.1, -0.05) is 6.42 Å². The molecule has 62 valence electrons. The average Bonchev–Trinajstić information content (AvgIpc) is 2.13. The van der Waals surface area contributed by atoms with Crippen LogP contribution in [0.25, 0.3) is 0 Å². The van der Waals surface area contributed by atoms with E-state index in [-0.39, 0.29) is 17.7 Å². The molecule has 1 rings (SSSR count). The van der Waals surface area contributed by atoms with Crippen molar-refractivity contribution in [3.05, 3.63) is 0 Å². The molecule has 0 aliphatic carbocycles. The quantitative estimate of drug-likeness (QED) is 0.603. The van der Waals surface area contributed by atoms with Gasteiger partial charge < -0.3 is 5.32 Å². The predicted octanol–water partition coefficient (Wildman–Crippen LogP) is 0.634. The summed E-state index contributed by atoms with van der Waals surface area (Å²) in [5, 5.41) is 2.69. The largest absolute Gasteiger partial charge is 0.346 e. The number of carbonyl (C=O) groups is 2. The van der Waals surface area contributed by atoms with Gasteiger partial charge in [0, 0.05) is 6.42 Å². The first-order valence-electron chi connectivity index (χ1n) is 4.00. The normalized spacial score (nSPS) is 25.5. The average molecular weight is 155 g/mol. The molecule has 0 aromatic heterocycles. The third-order valence-electron chi connectivity index (χ3n) is 1.97. The minimum atomic E-state index is -0.218. The van der Waals surface area contributed by atoms with Crippen LogP contribution in [0.4, 0.5) is 0 Å². The molecule has 1 heterocycles. The molecule has 1 N–H and O–H groups in total. The molecule has 1 fully saturated rings. The second-order valence-electron chi connectivity index (χ2n) is 2.98. The topological polar surface area (TPSA) is 46.2 Å². The van der Waals surface area contributed by atoms with Gasteiger partial charge in [-0.2, -0.15) is 0 Å². The van der Waals surface area contributed by atoms with E-state index >= 15 is 0 Å². The highest BCUT2D eigenvalue weighted by Gasteiger charge is 2.19. The summed E-state index contributed by atoms with van der Waals surface area (Å²) in [4.78, 5) is 21.8. The Morgan fingerprint density at radius 3 is 2.91 bits per heavy atom. The Kier molecular flexibility index (Phi) is 2.63. The van der Waals surface area contributed by atoms with E-state index in [1.807, 2.05) is 0 Å². The number of carbonyl (C=O) groups excluding carboxylic acids is 2. The van der Waals surface area contributed by atoms with Gasteiger partial charge in [0.05, 0.1) is 6.04 Å². The molecule has 0 bridgehead atoms. The summed E-state index contributed by atoms with van der Waals surface area (Å²) in [6, 6.07) is -0.218. The van der Waals surface area contributed by atoms with Crippen molar-refractivity contribution < 1.29 is 9.59 Å². The van der Waals surface area contributed by atoms with Gasteiger partial charge in [-0.05, 0) is 19.8 Å². The summed E-state index contributed by atoms with van der Waals surface area (Å²) in [7, 11) is 0. The third-order valence-corrected chi connectivity index (χ3v) is 1.97. The van der Waals surface area contributed by atoms with Crippen molar-refractivity contribution in [1.29, 1.82) is 0 Å². The van der Waals surface area contributed by atoms with E-state index in [0.717, 1.165) is 19.3 Å². The molecular formula is C8H13NO2. The van der Waals surface area contributed by atoms with E-state index in [9.17, 15) is 9.59 Å². The van der Waals surface area contributed by atoms with E-state index in [4.69, 9.17) is 0 Å². The molecule has 0 aromatic carbocycles. The van der Waals surface area contributed by atoms with Crippen LogP contribution >= 0.6 is 0 Å². The van der Waals surface area contributed by atoms with Crippen LogP contribution < -0.4 is 5.32 Å². The molecule has 3 nitrogen and oxygen atoms in total. The molecule has 0 radical (unpaired) electrons. The van der Waals surface area contributed by atoms with E-state index in [1.54, 1.807) is 0 Å². The Balaban J connectivity index is 2.52. The molecule has 0 aromatic rings. The summed E-state index contributed by atoms with van der Waals surface area (Å²) >= 11 is 0. The maximum Gasteiger partial charge on any atom is 0.220 e. The third kappa shape index (κ3) is 2.33. The zero-order chi connectivity index (χ0) is 8.27. The first kappa shape index (κ1) is 8.24. The summed E-state index contributed by atoms with van der Waals surface area (Å²) in [6.45, 7) is 1.52. The van der Waals surface area contributed by atoms with Crippen LogP contribution in [-0.2, 0) is 9.59 Å². The zero-order valence-corrected chi connectivity index (χ0v) is 6.72. The summed E-state index contributed by atoms with van der Waals surface area (Å²) < 4.78 is 0. The summed E-state index contributed by atoms with van der Waals surface area (Å²) in [6.07, 6.45) is 3.27. The number of hydrogen-bond acceptors (Lipinski definition) is 2. The van der Waals surface area contributed by atoms with Crippen LogP contribution in [0.15, 0.2) is 0 Å². The molecule has 11 heavy (non-hydrogen) atoms. The van der Waals surface area contributed by atoms with Crippen LogP contribution in [0, 0.1) is 0 Å². The van der Waals surface area contributed by atoms with Crippen molar-refractivity contribution >= 4 is 11.7 Å². The highest BCUT2D eigenvalue weighted by Crippen LogP contribution is 2.09. The van der Waals surface area contributed by atoms with Crippen LogP contribution in [0.2, 0.25) is 0 Å². The molecule has 1 atom stereocenters. The number of Topliss-reactive ketones (excluding diaryl/α,β-unsaturated/α-hetero) is 1. The van der Waals surface area contributed by atoms with E-state index in [0.29, 0.717) is 6.42 Å². The predicted molar refractivity (Wildman–Crippen MR) is 41.1 cm³/mol. The lowest BCUT2D eigenvalue weighted by Crippen LogP contribution is -2.37. The highest BCUT2D eigenvalue weighted by molar-refractivity contribution is 5.87. The second kappa shape index (κ2) is 3.51. The van der Waals surface area contributed by atoms with Crippen molar-refractivity contribution in [3.63, 3.8) is 0 Å². The molecular weight excluding hydrogens is 142 g/mol. The number of rotatable bonds is 1. The van der Waals surface area contributed by atoms with Crippen molar-refractivity contribution in [2.45, 2.75) is 38.6 Å². The second-order valence-corrected chi connectivity index (χ2v) is 2.98. The number of hydrogen-bond donors (Lipinski definition) is 1. The van der Waals surface area contributed by atoms with Crippen LogP contribution in [0.5, 0.6) is 0 Å². The summed E-state index contributed by atoms with van der Waals surface area (Å²) in [5.74, 6) is 0.0861. The zero-order valence-electron chi connectivity index (χ0n) is 6.72. The Morgan fingerprint density at radius 1 is 1.55 bits per heavy atom. The summed E-state index contributed by atoms with van der Waals surface area (Å²) in [5.41, 5.74) is 0. The molecule has 0 spiro atoms. The van der Waals surface area contributed by atoms with E-state index in [1.165, 1.54) is 6.92 Å². The van der Waals surface area contributed by atoms with E-state index in [2.05, 4.69) is 5.32 Å². The molecule has 1 aliphatic heterocycles. The number of ketones is 1. The maximum absolute atomic E-state index is 10.9. The van der Waals surface area contributed by atoms with Gasteiger partial charge in [-0.3, -0.25) is 9.59 Å². The molecule has 1 saturated heterocycles. The van der Waals surface area contributed by atoms with Gasteiger partial charge in [-0.25, -0.2) is 0 Å². The minimum absolute atomic E-state index is 0.0164. The monoisotopic (exact) mass is 155 g/mol. The van der Waals surface area contributed by atoms with Crippen molar-refractivity contribution in [1.82, 2.24) is 5.32 Å². The Labute approximate surface area is 66.2 Å². The molecule has 0 saturated carbocycles. The first-order chi connectivity index (χ1) is 5.20. The highest BCUT2D eigenvalue weighted by atomic mass is 16.2. The lowest BCUT2D eigenvalue weighted by molar-refractivity contribution is -0.126. The van der Waals surface area contributed by atoms with Gasteiger partial charge in [0.25, 0.3) is 0 Å². The van der Waals surface area contributed by atoms with Gasteiger partial charge in [0.1, 0.15) is 0 Å². The van der Waals surface area contributed by atoms with Crippen molar-refractivity contribution in [3.8, 4) is 0 Å². The Hall–Kier alpha value is -0.860. The fraction of sp³-hybridized carbons (Fsp3) is 0.750. The lowest BCUT2D eigenvalue weighted by Gasteiger charge is -2.10. The number of amides is 1. The van der Waals surface area contributed by atoms with Gasteiger partial charge in [0.15, 0.2) is 5.78 Å². The van der Waals surface area contributed by atoms with Gasteiger partial charge in [0.2, 0.25) is 5.91 Å². The fourth-order valence-corrected chi connectivity index (χ4v) is 1.28. The van der Waals surface area contributed by atoms with E-state index < -0.39 is 0 Å². The van der Waals surface area contributed by atoms with Gasteiger partial charge >= 0.3 is 0 Å². The maximum atomic E-state index is 10.9. The van der Waals surface area contributed by atoms with Crippen molar-refractivity contribution in [2.24, 2.45) is 0 Å². The molecule has 1 amide bonds. The standard InChI is InChI=1S/C8H13NO2/c1-6(10)7-4-2-3-5-8(11)9-7/h7H,2-5H2,1H3,(H,9,11). The van der Waals surface area contributed by atoms with Crippen LogP contribution in [-0.4, -0.2) is 17.7 Å².